The van der Waals surface area contributed by atoms with E-state index in [1.165, 1.54) is 12.1 Å². The molecule has 174 valence electrons. The minimum absolute atomic E-state index is 0.0506. The summed E-state index contributed by atoms with van der Waals surface area (Å²) >= 11 is 0. The molecule has 5 rings (SSSR count). The van der Waals surface area contributed by atoms with E-state index in [4.69, 9.17) is 0 Å². The highest BCUT2D eigenvalue weighted by Crippen LogP contribution is 2.31. The van der Waals surface area contributed by atoms with Crippen LogP contribution in [0, 0.1) is 5.82 Å². The van der Waals surface area contributed by atoms with Crippen molar-refractivity contribution in [2.24, 2.45) is 0 Å². The maximum atomic E-state index is 13.7. The maximum Gasteiger partial charge on any atom is 0.271 e. The molecule has 3 N–H and O–H groups in total. The van der Waals surface area contributed by atoms with Crippen LogP contribution in [-0.2, 0) is 0 Å². The van der Waals surface area contributed by atoms with Gasteiger partial charge in [-0.25, -0.2) is 4.39 Å². The third-order valence-corrected chi connectivity index (χ3v) is 6.28. The molecule has 0 amide bonds. The Kier molecular flexibility index (Phi) is 5.89. The molecule has 0 fully saturated rings. The molecule has 0 saturated heterocycles. The van der Waals surface area contributed by atoms with Gasteiger partial charge in [-0.05, 0) is 58.7 Å². The van der Waals surface area contributed by atoms with Gasteiger partial charge in [-0.2, -0.15) is 0 Å². The van der Waals surface area contributed by atoms with Crippen LogP contribution in [0.3, 0.4) is 0 Å². The first kappa shape index (κ1) is 22.5. The summed E-state index contributed by atoms with van der Waals surface area (Å²) in [5, 5.41) is 18.5. The Morgan fingerprint density at radius 3 is 2.29 bits per heavy atom. The predicted molar refractivity (Wildman–Crippen MR) is 136 cm³/mol. The maximum absolute atomic E-state index is 13.7. The molecule has 0 aliphatic rings. The predicted octanol–water partition coefficient (Wildman–Crippen LogP) is 5.46. The minimum atomic E-state index is -0.890. The summed E-state index contributed by atoms with van der Waals surface area (Å²) in [5.41, 5.74) is 1.68. The van der Waals surface area contributed by atoms with Crippen LogP contribution in [0.15, 0.2) is 101 Å². The zero-order chi connectivity index (χ0) is 24.5. The van der Waals surface area contributed by atoms with Gasteiger partial charge in [-0.1, -0.05) is 66.7 Å². The molecular weight excluding hydrogens is 443 g/mol. The molecule has 2 unspecified atom stereocenters. The molecule has 5 nitrogen and oxygen atoms in total. The van der Waals surface area contributed by atoms with Gasteiger partial charge in [-0.3, -0.25) is 14.9 Å². The molecule has 5 aromatic rings. The number of fused-ring (bicyclic) bond motifs is 1. The average Bonchev–Trinajstić information content (AvgIpc) is 2.90. The molecule has 0 saturated carbocycles. The van der Waals surface area contributed by atoms with Crippen LogP contribution in [-0.4, -0.2) is 5.11 Å². The molecule has 5 aromatic carbocycles. The summed E-state index contributed by atoms with van der Waals surface area (Å²) in [6, 6.07) is 27.7. The Hall–Kier alpha value is -4.29. The first-order chi connectivity index (χ1) is 16.9. The number of benzene rings is 4. The molecule has 2 atom stereocenters. The van der Waals surface area contributed by atoms with Crippen LogP contribution in [0.5, 0.6) is 5.75 Å². The fourth-order valence-corrected chi connectivity index (χ4v) is 4.44. The first-order valence-electron chi connectivity index (χ1n) is 11.3. The van der Waals surface area contributed by atoms with Gasteiger partial charge in [0.15, 0.2) is 5.75 Å². The quantitative estimate of drug-likeness (QED) is 0.278. The summed E-state index contributed by atoms with van der Waals surface area (Å²) in [6.45, 7) is 2.09. The fraction of sp³-hybridized carbons (Fsp3) is 0.103. The topological polar surface area (TPSA) is 78.4 Å². The van der Waals surface area contributed by atoms with Crippen LogP contribution >= 0.6 is 0 Å². The number of halogens is 1. The van der Waals surface area contributed by atoms with Crippen LogP contribution < -0.4 is 21.5 Å². The van der Waals surface area contributed by atoms with Crippen molar-refractivity contribution in [3.63, 3.8) is 0 Å². The summed E-state index contributed by atoms with van der Waals surface area (Å²) in [5.74, 6) is -0.876. The van der Waals surface area contributed by atoms with E-state index in [9.17, 15) is 19.1 Å². The van der Waals surface area contributed by atoms with Gasteiger partial charge < -0.3 is 10.4 Å². The summed E-state index contributed by atoms with van der Waals surface area (Å²) in [7, 11) is 0. The van der Waals surface area contributed by atoms with Gasteiger partial charge in [0.05, 0.1) is 6.04 Å². The van der Waals surface area contributed by atoms with Crippen molar-refractivity contribution in [3.8, 4) is 5.75 Å². The van der Waals surface area contributed by atoms with Crippen LogP contribution in [0.25, 0.3) is 10.8 Å². The van der Waals surface area contributed by atoms with E-state index in [1.807, 2.05) is 36.4 Å². The first-order valence-corrected chi connectivity index (χ1v) is 11.3. The Balaban J connectivity index is 1.51. The zero-order valence-corrected chi connectivity index (χ0v) is 19.0. The standard InChI is InChI=1S/C29H23FN2O3/c1-17(23-11-5-7-18-6-2-3-10-24(18)23)31-25(19-12-14-21(30)15-13-19)20-8-4-9-22(16-20)32-26-27(33)29(35)28(26)34/h2-17,25,31-33H,1H3. The van der Waals surface area contributed by atoms with E-state index in [1.54, 1.807) is 18.2 Å². The monoisotopic (exact) mass is 466 g/mol. The molecule has 0 aliphatic carbocycles. The largest absolute Gasteiger partial charge is 0.502 e. The SMILES string of the molecule is CC(NC(c1ccc(F)cc1)c1cccc(Nc2c(O)c(=O)c2=O)c1)c1cccc2ccccc12. The summed E-state index contributed by atoms with van der Waals surface area (Å²) in [4.78, 5) is 23.1. The Bertz CT molecular complexity index is 1580. The van der Waals surface area contributed by atoms with E-state index in [-0.39, 0.29) is 23.6 Å². The lowest BCUT2D eigenvalue weighted by Crippen LogP contribution is -2.32. The van der Waals surface area contributed by atoms with E-state index < -0.39 is 16.6 Å². The number of hydrogen-bond acceptors (Lipinski definition) is 5. The van der Waals surface area contributed by atoms with Gasteiger partial charge in [0.1, 0.15) is 11.5 Å². The number of anilines is 2. The number of rotatable bonds is 7. The molecule has 35 heavy (non-hydrogen) atoms. The van der Waals surface area contributed by atoms with Gasteiger partial charge in [0, 0.05) is 11.7 Å². The van der Waals surface area contributed by atoms with E-state index in [0.717, 1.165) is 27.5 Å². The summed E-state index contributed by atoms with van der Waals surface area (Å²) in [6.07, 6.45) is 0. The second kappa shape index (κ2) is 9.16. The van der Waals surface area contributed by atoms with Crippen LogP contribution in [0.1, 0.15) is 35.7 Å². The molecule has 0 radical (unpaired) electrons. The molecule has 0 aromatic heterocycles. The van der Waals surface area contributed by atoms with Crippen LogP contribution in [0.4, 0.5) is 15.8 Å². The third kappa shape index (κ3) is 4.32. The molecule has 6 heteroatoms. The van der Waals surface area contributed by atoms with Crippen molar-refractivity contribution < 1.29 is 9.50 Å². The second-order valence-corrected chi connectivity index (χ2v) is 8.57. The van der Waals surface area contributed by atoms with Crippen LogP contribution in [0.2, 0.25) is 0 Å². The number of nitrogens with one attached hydrogen (secondary N) is 2. The zero-order valence-electron chi connectivity index (χ0n) is 19.0. The molecule has 0 bridgehead atoms. The van der Waals surface area contributed by atoms with Crippen molar-refractivity contribution in [1.82, 2.24) is 5.32 Å². The second-order valence-electron chi connectivity index (χ2n) is 8.57. The van der Waals surface area contributed by atoms with E-state index in [2.05, 4.69) is 41.8 Å². The Morgan fingerprint density at radius 1 is 0.800 bits per heavy atom. The Labute approximate surface area is 201 Å². The Morgan fingerprint density at radius 2 is 1.51 bits per heavy atom. The molecular formula is C29H23FN2O3. The molecule has 0 heterocycles. The lowest BCUT2D eigenvalue weighted by atomic mass is 9.94. The lowest BCUT2D eigenvalue weighted by molar-refractivity contribution is 0.466. The van der Waals surface area contributed by atoms with Gasteiger partial charge in [0.25, 0.3) is 10.9 Å². The highest BCUT2D eigenvalue weighted by atomic mass is 19.1. The lowest BCUT2D eigenvalue weighted by Gasteiger charge is -2.26. The van der Waals surface area contributed by atoms with E-state index in [0.29, 0.717) is 5.69 Å². The highest BCUT2D eigenvalue weighted by molar-refractivity contribution is 5.86. The molecule has 0 spiro atoms. The normalized spacial score (nSPS) is 13.1. The fourth-order valence-electron chi connectivity index (χ4n) is 4.44. The van der Waals surface area contributed by atoms with Gasteiger partial charge in [0.2, 0.25) is 0 Å². The van der Waals surface area contributed by atoms with Crippen molar-refractivity contribution in [2.45, 2.75) is 19.0 Å². The number of hydrogen-bond donors (Lipinski definition) is 3. The molecule has 0 aliphatic heterocycles. The van der Waals surface area contributed by atoms with Crippen molar-refractivity contribution in [2.75, 3.05) is 5.32 Å². The van der Waals surface area contributed by atoms with Gasteiger partial charge in [-0.15, -0.1) is 0 Å². The summed E-state index contributed by atoms with van der Waals surface area (Å²) < 4.78 is 13.7. The van der Waals surface area contributed by atoms with Gasteiger partial charge >= 0.3 is 0 Å². The highest BCUT2D eigenvalue weighted by Gasteiger charge is 2.22. The third-order valence-electron chi connectivity index (χ3n) is 6.28. The smallest absolute Gasteiger partial charge is 0.271 e. The van der Waals surface area contributed by atoms with Crippen molar-refractivity contribution >= 4 is 22.1 Å². The average molecular weight is 467 g/mol. The van der Waals surface area contributed by atoms with E-state index >= 15 is 0 Å². The van der Waals surface area contributed by atoms with Crippen molar-refractivity contribution in [3.05, 3.63) is 134 Å². The number of aromatic hydroxyl groups is 1. The van der Waals surface area contributed by atoms with Crippen molar-refractivity contribution in [1.29, 1.82) is 0 Å². The minimum Gasteiger partial charge on any atom is -0.502 e.